The predicted octanol–water partition coefficient (Wildman–Crippen LogP) is 1.35. The second kappa shape index (κ2) is 5.71. The monoisotopic (exact) mass is 277 g/mol. The molecule has 0 aliphatic heterocycles. The highest BCUT2D eigenvalue weighted by atomic mass is 32.1. The van der Waals surface area contributed by atoms with Crippen LogP contribution in [-0.2, 0) is 4.79 Å². The molecule has 0 atom stereocenters. The van der Waals surface area contributed by atoms with Crippen molar-refractivity contribution in [2.24, 2.45) is 0 Å². The van der Waals surface area contributed by atoms with Gasteiger partial charge in [-0.25, -0.2) is 0 Å². The molecular weight excluding hydrogens is 262 g/mol. The minimum absolute atomic E-state index is 0.105. The number of carbonyl (C=O) groups excluding carboxylic acids is 2. The topological polar surface area (TPSA) is 84.2 Å². The van der Waals surface area contributed by atoms with Gasteiger partial charge in [-0.3, -0.25) is 9.59 Å². The van der Waals surface area contributed by atoms with Crippen molar-refractivity contribution >= 4 is 38.9 Å². The van der Waals surface area contributed by atoms with E-state index in [4.69, 9.17) is 5.73 Å². The van der Waals surface area contributed by atoms with E-state index in [2.05, 4.69) is 10.6 Å². The molecule has 100 valence electrons. The number of thiophene rings is 1. The molecule has 0 fully saturated rings. The van der Waals surface area contributed by atoms with Crippen LogP contribution in [0.5, 0.6) is 0 Å². The summed E-state index contributed by atoms with van der Waals surface area (Å²) < 4.78 is 1.03. The normalized spacial score (nSPS) is 10.4. The van der Waals surface area contributed by atoms with E-state index in [0.717, 1.165) is 10.1 Å². The van der Waals surface area contributed by atoms with Crippen LogP contribution in [0.25, 0.3) is 10.1 Å². The first-order chi connectivity index (χ1) is 9.06. The van der Waals surface area contributed by atoms with Gasteiger partial charge in [-0.2, -0.15) is 0 Å². The van der Waals surface area contributed by atoms with Crippen molar-refractivity contribution in [1.29, 1.82) is 0 Å². The standard InChI is InChI=1S/C13H15N3O2S/c1-8(17)15-4-5-16-13(18)12-7-9-6-10(14)2-3-11(9)19-12/h2-3,6-7H,4-5,14H2,1H3,(H,15,17)(H,16,18). The largest absolute Gasteiger partial charge is 0.399 e. The highest BCUT2D eigenvalue weighted by Gasteiger charge is 2.09. The second-order valence-electron chi connectivity index (χ2n) is 4.15. The smallest absolute Gasteiger partial charge is 0.261 e. The van der Waals surface area contributed by atoms with Gasteiger partial charge < -0.3 is 16.4 Å². The zero-order valence-electron chi connectivity index (χ0n) is 10.5. The number of anilines is 1. The highest BCUT2D eigenvalue weighted by Crippen LogP contribution is 2.27. The Bertz CT molecular complexity index is 621. The Morgan fingerprint density at radius 1 is 1.21 bits per heavy atom. The molecule has 2 amide bonds. The average molecular weight is 277 g/mol. The predicted molar refractivity (Wildman–Crippen MR) is 77.3 cm³/mol. The molecule has 0 aliphatic carbocycles. The van der Waals surface area contributed by atoms with Gasteiger partial charge in [0, 0.05) is 30.4 Å². The molecule has 4 N–H and O–H groups in total. The van der Waals surface area contributed by atoms with Gasteiger partial charge in [0.15, 0.2) is 0 Å². The van der Waals surface area contributed by atoms with E-state index in [1.165, 1.54) is 18.3 Å². The van der Waals surface area contributed by atoms with Crippen molar-refractivity contribution in [3.63, 3.8) is 0 Å². The van der Waals surface area contributed by atoms with Gasteiger partial charge >= 0.3 is 0 Å². The molecule has 0 spiro atoms. The molecule has 0 unspecified atom stereocenters. The lowest BCUT2D eigenvalue weighted by Crippen LogP contribution is -2.33. The molecule has 1 heterocycles. The third-order valence-electron chi connectivity index (χ3n) is 2.55. The molecule has 1 aromatic carbocycles. The summed E-state index contributed by atoms with van der Waals surface area (Å²) in [6, 6.07) is 7.39. The van der Waals surface area contributed by atoms with Gasteiger partial charge in [-0.1, -0.05) is 0 Å². The minimum Gasteiger partial charge on any atom is -0.399 e. The zero-order valence-corrected chi connectivity index (χ0v) is 11.3. The fourth-order valence-corrected chi connectivity index (χ4v) is 2.63. The summed E-state index contributed by atoms with van der Waals surface area (Å²) in [4.78, 5) is 23.2. The van der Waals surface area contributed by atoms with Crippen LogP contribution in [0, 0.1) is 0 Å². The first kappa shape index (κ1) is 13.4. The molecular formula is C13H15N3O2S. The van der Waals surface area contributed by atoms with Gasteiger partial charge in [0.05, 0.1) is 4.88 Å². The Kier molecular flexibility index (Phi) is 4.01. The molecule has 6 heteroatoms. The number of nitrogen functional groups attached to an aromatic ring is 1. The molecule has 2 rings (SSSR count). The van der Waals surface area contributed by atoms with E-state index in [1.54, 1.807) is 0 Å². The summed E-state index contributed by atoms with van der Waals surface area (Å²) in [5, 5.41) is 6.34. The first-order valence-corrected chi connectivity index (χ1v) is 6.69. The van der Waals surface area contributed by atoms with Crippen LogP contribution in [0.4, 0.5) is 5.69 Å². The molecule has 1 aromatic heterocycles. The van der Waals surface area contributed by atoms with Crippen LogP contribution >= 0.6 is 11.3 Å². The lowest BCUT2D eigenvalue weighted by atomic mass is 10.2. The summed E-state index contributed by atoms with van der Waals surface area (Å²) in [5.41, 5.74) is 6.38. The Hall–Kier alpha value is -2.08. The van der Waals surface area contributed by atoms with E-state index in [1.807, 2.05) is 24.3 Å². The van der Waals surface area contributed by atoms with E-state index in [0.29, 0.717) is 23.7 Å². The number of nitrogens with one attached hydrogen (secondary N) is 2. The second-order valence-corrected chi connectivity index (χ2v) is 5.23. The van der Waals surface area contributed by atoms with Crippen molar-refractivity contribution in [2.45, 2.75) is 6.92 Å². The maximum absolute atomic E-state index is 11.9. The average Bonchev–Trinajstić information content (AvgIpc) is 2.77. The first-order valence-electron chi connectivity index (χ1n) is 5.88. The summed E-state index contributed by atoms with van der Waals surface area (Å²) in [6.07, 6.45) is 0. The molecule has 5 nitrogen and oxygen atoms in total. The Morgan fingerprint density at radius 3 is 2.68 bits per heavy atom. The maximum atomic E-state index is 11.9. The van der Waals surface area contributed by atoms with Crippen LogP contribution in [0.15, 0.2) is 24.3 Å². The maximum Gasteiger partial charge on any atom is 0.261 e. The lowest BCUT2D eigenvalue weighted by molar-refractivity contribution is -0.118. The summed E-state index contributed by atoms with van der Waals surface area (Å²) in [6.45, 7) is 2.28. The van der Waals surface area contributed by atoms with Crippen LogP contribution < -0.4 is 16.4 Å². The Labute approximate surface area is 114 Å². The summed E-state index contributed by atoms with van der Waals surface area (Å²) in [5.74, 6) is -0.239. The third kappa shape index (κ3) is 3.45. The molecule has 0 aliphatic rings. The number of fused-ring (bicyclic) bond motifs is 1. The lowest BCUT2D eigenvalue weighted by Gasteiger charge is -2.03. The minimum atomic E-state index is -0.134. The number of hydrogen-bond donors (Lipinski definition) is 3. The fourth-order valence-electron chi connectivity index (χ4n) is 1.68. The van der Waals surface area contributed by atoms with Crippen molar-refractivity contribution < 1.29 is 9.59 Å². The number of amides is 2. The Morgan fingerprint density at radius 2 is 1.95 bits per heavy atom. The molecule has 0 radical (unpaired) electrons. The summed E-state index contributed by atoms with van der Waals surface area (Å²) in [7, 11) is 0. The Balaban J connectivity index is 1.99. The third-order valence-corrected chi connectivity index (χ3v) is 3.66. The van der Waals surface area contributed by atoms with Gasteiger partial charge in [0.2, 0.25) is 5.91 Å². The van der Waals surface area contributed by atoms with Crippen molar-refractivity contribution in [2.75, 3.05) is 18.8 Å². The number of rotatable bonds is 4. The number of benzene rings is 1. The number of carbonyl (C=O) groups is 2. The molecule has 19 heavy (non-hydrogen) atoms. The van der Waals surface area contributed by atoms with Crippen molar-refractivity contribution in [3.8, 4) is 0 Å². The van der Waals surface area contributed by atoms with E-state index >= 15 is 0 Å². The molecule has 0 saturated heterocycles. The van der Waals surface area contributed by atoms with Gasteiger partial charge in [0.25, 0.3) is 5.91 Å². The molecule has 0 bridgehead atoms. The summed E-state index contributed by atoms with van der Waals surface area (Å²) >= 11 is 1.42. The number of hydrogen-bond acceptors (Lipinski definition) is 4. The van der Waals surface area contributed by atoms with Gasteiger partial charge in [0.1, 0.15) is 0 Å². The molecule has 0 saturated carbocycles. The zero-order chi connectivity index (χ0) is 13.8. The van der Waals surface area contributed by atoms with Crippen molar-refractivity contribution in [3.05, 3.63) is 29.1 Å². The van der Waals surface area contributed by atoms with Crippen LogP contribution in [0.2, 0.25) is 0 Å². The van der Waals surface area contributed by atoms with Crippen LogP contribution in [-0.4, -0.2) is 24.9 Å². The quantitative estimate of drug-likeness (QED) is 0.582. The van der Waals surface area contributed by atoms with Crippen LogP contribution in [0.1, 0.15) is 16.6 Å². The van der Waals surface area contributed by atoms with E-state index in [9.17, 15) is 9.59 Å². The highest BCUT2D eigenvalue weighted by molar-refractivity contribution is 7.20. The van der Waals surface area contributed by atoms with E-state index < -0.39 is 0 Å². The van der Waals surface area contributed by atoms with Crippen molar-refractivity contribution in [1.82, 2.24) is 10.6 Å². The van der Waals surface area contributed by atoms with E-state index in [-0.39, 0.29) is 11.8 Å². The number of nitrogens with two attached hydrogens (primary N) is 1. The fraction of sp³-hybridized carbons (Fsp3) is 0.231. The molecule has 2 aromatic rings. The van der Waals surface area contributed by atoms with Gasteiger partial charge in [-0.15, -0.1) is 11.3 Å². The van der Waals surface area contributed by atoms with Gasteiger partial charge in [-0.05, 0) is 29.7 Å². The SMILES string of the molecule is CC(=O)NCCNC(=O)c1cc2cc(N)ccc2s1. The van der Waals surface area contributed by atoms with Crippen LogP contribution in [0.3, 0.4) is 0 Å².